The predicted octanol–water partition coefficient (Wildman–Crippen LogP) is 7.57. The molecule has 10 nitrogen and oxygen atoms in total. The number of ether oxygens (including phenoxy) is 2. The van der Waals surface area contributed by atoms with Crippen molar-refractivity contribution in [1.29, 1.82) is 0 Å². The maximum Gasteiger partial charge on any atom is 0.324 e. The highest BCUT2D eigenvalue weighted by Gasteiger charge is 2.22. The Morgan fingerprint density at radius 1 is 0.936 bits per heavy atom. The van der Waals surface area contributed by atoms with Crippen LogP contribution in [0.5, 0.6) is 5.75 Å². The molecule has 5 aromatic rings. The van der Waals surface area contributed by atoms with E-state index in [4.69, 9.17) is 14.6 Å². The zero-order valence-electron chi connectivity index (χ0n) is 27.5. The largest absolute Gasteiger partial charge is 0.479 e. The number of carbonyl (C=O) groups is 2. The molecule has 244 valence electrons. The van der Waals surface area contributed by atoms with Crippen LogP contribution in [0, 0.1) is 6.92 Å². The molecule has 47 heavy (non-hydrogen) atoms. The minimum absolute atomic E-state index is 0.0433. The molecule has 1 unspecified atom stereocenters. The van der Waals surface area contributed by atoms with E-state index in [1.54, 1.807) is 22.6 Å². The number of benzene rings is 3. The van der Waals surface area contributed by atoms with Crippen molar-refractivity contribution in [2.45, 2.75) is 45.0 Å². The van der Waals surface area contributed by atoms with E-state index in [9.17, 15) is 9.59 Å². The minimum Gasteiger partial charge on any atom is -0.479 e. The average molecular weight is 653 g/mol. The lowest BCUT2D eigenvalue weighted by Crippen LogP contribution is -2.21. The Morgan fingerprint density at radius 3 is 2.38 bits per heavy atom. The molecule has 2 heterocycles. The molecule has 3 N–H and O–H groups in total. The zero-order chi connectivity index (χ0) is 33.6. The van der Waals surface area contributed by atoms with E-state index in [1.807, 2.05) is 92.0 Å². The average Bonchev–Trinajstić information content (AvgIpc) is 3.46. The first kappa shape index (κ1) is 33.5. The minimum atomic E-state index is -0.384. The highest BCUT2D eigenvalue weighted by molar-refractivity contribution is 7.99. The molecule has 0 saturated heterocycles. The van der Waals surface area contributed by atoms with Crippen molar-refractivity contribution < 1.29 is 19.1 Å². The van der Waals surface area contributed by atoms with Gasteiger partial charge in [0.05, 0.1) is 17.1 Å². The number of urea groups is 1. The number of carbonyl (C=O) groups excluding carboxylic acids is 2. The van der Waals surface area contributed by atoms with Crippen molar-refractivity contribution in [2.75, 3.05) is 35.9 Å². The number of aromatic nitrogens is 3. The van der Waals surface area contributed by atoms with E-state index in [1.165, 1.54) is 7.11 Å². The van der Waals surface area contributed by atoms with E-state index in [-0.39, 0.29) is 29.4 Å². The molecule has 2 aromatic heterocycles. The van der Waals surface area contributed by atoms with Gasteiger partial charge in [0, 0.05) is 42.0 Å². The maximum atomic E-state index is 13.4. The van der Waals surface area contributed by atoms with Gasteiger partial charge in [-0.05, 0) is 55.1 Å². The number of anilines is 3. The normalized spacial score (nSPS) is 12.0. The van der Waals surface area contributed by atoms with Gasteiger partial charge in [0.15, 0.2) is 0 Å². The van der Waals surface area contributed by atoms with Gasteiger partial charge >= 0.3 is 6.03 Å². The number of rotatable bonds is 11. The lowest BCUT2D eigenvalue weighted by Gasteiger charge is -2.20. The third-order valence-corrected chi connectivity index (χ3v) is 8.21. The van der Waals surface area contributed by atoms with Crippen LogP contribution in [-0.4, -0.2) is 52.1 Å². The Hall–Kier alpha value is -4.87. The molecule has 0 saturated carbocycles. The van der Waals surface area contributed by atoms with E-state index in [0.29, 0.717) is 29.5 Å². The van der Waals surface area contributed by atoms with E-state index in [0.717, 1.165) is 33.3 Å². The van der Waals surface area contributed by atoms with Gasteiger partial charge < -0.3 is 20.1 Å². The van der Waals surface area contributed by atoms with Gasteiger partial charge in [0.25, 0.3) is 5.91 Å². The quantitative estimate of drug-likeness (QED) is 0.126. The van der Waals surface area contributed by atoms with Crippen LogP contribution in [0.25, 0.3) is 16.5 Å². The first-order valence-corrected chi connectivity index (χ1v) is 16.5. The predicted molar refractivity (Wildman–Crippen MR) is 190 cm³/mol. The Kier molecular flexibility index (Phi) is 10.5. The van der Waals surface area contributed by atoms with E-state index < -0.39 is 0 Å². The summed E-state index contributed by atoms with van der Waals surface area (Å²) in [6.07, 6.45) is 4.23. The zero-order valence-corrected chi connectivity index (χ0v) is 28.3. The number of aryl methyl sites for hydroxylation is 1. The van der Waals surface area contributed by atoms with Crippen molar-refractivity contribution in [3.8, 4) is 11.4 Å². The van der Waals surface area contributed by atoms with Crippen molar-refractivity contribution in [3.05, 3.63) is 102 Å². The van der Waals surface area contributed by atoms with Gasteiger partial charge in [-0.2, -0.15) is 5.10 Å². The molecular formula is C36H40N6O4S. The molecule has 0 aliphatic carbocycles. The van der Waals surface area contributed by atoms with E-state index in [2.05, 4.69) is 41.7 Å². The number of nitrogens with one attached hydrogen (secondary N) is 3. The number of fused-ring (bicyclic) bond motifs is 1. The fourth-order valence-electron chi connectivity index (χ4n) is 4.96. The van der Waals surface area contributed by atoms with Crippen LogP contribution < -0.4 is 20.7 Å². The molecule has 11 heteroatoms. The second kappa shape index (κ2) is 14.7. The standard InChI is InChI=1S/C36H40N6O4S/c1-23-11-13-25(14-12-23)42-32(21-30(41-42)36(2,3)4)40-35(44)38-28-15-16-29(27-10-8-7-9-26(27)28)46-34(47-6)20-24-17-18-37-31(19-24)39-33(43)22-45-5/h7-19,21,34H,20,22H2,1-6H3,(H,37,39,43)(H2,38,40,44). The summed E-state index contributed by atoms with van der Waals surface area (Å²) in [5.74, 6) is 1.46. The lowest BCUT2D eigenvalue weighted by molar-refractivity contribution is -0.119. The number of hydrogen-bond donors (Lipinski definition) is 3. The highest BCUT2D eigenvalue weighted by atomic mass is 32.2. The third-order valence-electron chi connectivity index (χ3n) is 7.42. The van der Waals surface area contributed by atoms with Crippen LogP contribution in [0.2, 0.25) is 0 Å². The molecule has 3 aromatic carbocycles. The first-order chi connectivity index (χ1) is 22.5. The van der Waals surface area contributed by atoms with Crippen LogP contribution >= 0.6 is 11.8 Å². The topological polar surface area (TPSA) is 119 Å². The van der Waals surface area contributed by atoms with Crippen LogP contribution in [0.3, 0.4) is 0 Å². The Balaban J connectivity index is 1.34. The van der Waals surface area contributed by atoms with Crippen LogP contribution in [0.15, 0.2) is 85.1 Å². The summed E-state index contributed by atoms with van der Waals surface area (Å²) < 4.78 is 13.1. The molecule has 3 amide bonds. The van der Waals surface area contributed by atoms with Gasteiger partial charge in [0.2, 0.25) is 0 Å². The van der Waals surface area contributed by atoms with E-state index >= 15 is 0 Å². The summed E-state index contributed by atoms with van der Waals surface area (Å²) in [5.41, 5.74) is 4.05. The van der Waals surface area contributed by atoms with Gasteiger partial charge in [0.1, 0.15) is 29.4 Å². The van der Waals surface area contributed by atoms with Gasteiger partial charge in [-0.1, -0.05) is 62.7 Å². The summed E-state index contributed by atoms with van der Waals surface area (Å²) in [4.78, 5) is 29.6. The fourth-order valence-corrected chi connectivity index (χ4v) is 5.52. The monoisotopic (exact) mass is 652 g/mol. The maximum absolute atomic E-state index is 13.4. The van der Waals surface area contributed by atoms with Crippen LogP contribution in [0.4, 0.5) is 22.1 Å². The first-order valence-electron chi connectivity index (χ1n) is 15.2. The van der Waals surface area contributed by atoms with Crippen LogP contribution in [0.1, 0.15) is 37.6 Å². The summed E-state index contributed by atoms with van der Waals surface area (Å²) in [6.45, 7) is 8.26. The molecule has 0 spiro atoms. The Morgan fingerprint density at radius 2 is 1.68 bits per heavy atom. The summed E-state index contributed by atoms with van der Waals surface area (Å²) >= 11 is 1.58. The van der Waals surface area contributed by atoms with Gasteiger partial charge in [-0.25, -0.2) is 14.5 Å². The smallest absolute Gasteiger partial charge is 0.324 e. The summed E-state index contributed by atoms with van der Waals surface area (Å²) in [6, 6.07) is 24.8. The molecule has 0 radical (unpaired) electrons. The number of pyridine rings is 1. The SMILES string of the molecule is COCC(=O)Nc1cc(CC(Oc2ccc(NC(=O)Nc3cc(C(C)(C)C)nn3-c3ccc(C)cc3)c3ccccc23)SC)ccn1. The highest BCUT2D eigenvalue weighted by Crippen LogP contribution is 2.34. The molecule has 0 aliphatic rings. The molecular weight excluding hydrogens is 613 g/mol. The van der Waals surface area contributed by atoms with Crippen molar-refractivity contribution in [1.82, 2.24) is 14.8 Å². The second-order valence-electron chi connectivity index (χ2n) is 12.2. The number of methoxy groups -OCH3 is 1. The Bertz CT molecular complexity index is 1870. The van der Waals surface area contributed by atoms with Crippen molar-refractivity contribution in [2.24, 2.45) is 0 Å². The molecule has 1 atom stereocenters. The number of hydrogen-bond acceptors (Lipinski definition) is 7. The lowest BCUT2D eigenvalue weighted by atomic mass is 9.92. The van der Waals surface area contributed by atoms with Gasteiger partial charge in [-0.15, -0.1) is 11.8 Å². The number of nitrogens with zero attached hydrogens (tertiary/aromatic N) is 3. The van der Waals surface area contributed by atoms with Crippen molar-refractivity contribution in [3.63, 3.8) is 0 Å². The van der Waals surface area contributed by atoms with Crippen molar-refractivity contribution >= 4 is 51.8 Å². The molecule has 5 rings (SSSR count). The summed E-state index contributed by atoms with van der Waals surface area (Å²) in [7, 11) is 1.47. The Labute approximate surface area is 279 Å². The molecule has 0 fully saturated rings. The van der Waals surface area contributed by atoms with Gasteiger partial charge in [-0.3, -0.25) is 10.1 Å². The molecule has 0 bridgehead atoms. The number of thioether (sulfide) groups is 1. The molecule has 0 aliphatic heterocycles. The summed E-state index contributed by atoms with van der Waals surface area (Å²) in [5, 5.41) is 15.3. The third kappa shape index (κ3) is 8.49. The number of amides is 3. The van der Waals surface area contributed by atoms with Crippen LogP contribution in [-0.2, 0) is 21.4 Å². The second-order valence-corrected chi connectivity index (χ2v) is 13.2. The fraction of sp³-hybridized carbons (Fsp3) is 0.278.